The van der Waals surface area contributed by atoms with Crippen LogP contribution in [-0.4, -0.2) is 47.6 Å². The van der Waals surface area contributed by atoms with E-state index in [9.17, 15) is 9.50 Å². The molecule has 0 fully saturated rings. The first-order chi connectivity index (χ1) is 16.2. The molecule has 0 amide bonds. The summed E-state index contributed by atoms with van der Waals surface area (Å²) in [5.41, 5.74) is 3.31. The molecule has 0 aromatic heterocycles. The predicted octanol–water partition coefficient (Wildman–Crippen LogP) is 4.40. The highest BCUT2D eigenvalue weighted by atomic mass is 19.1. The van der Waals surface area contributed by atoms with E-state index in [4.69, 9.17) is 9.57 Å². The van der Waals surface area contributed by atoms with Crippen LogP contribution in [0.1, 0.15) is 23.1 Å². The van der Waals surface area contributed by atoms with Gasteiger partial charge >= 0.3 is 0 Å². The minimum Gasteiger partial charge on any atom is -0.390 e. The molecule has 5 nitrogen and oxygen atoms in total. The largest absolute Gasteiger partial charge is 0.390 e. The number of benzene rings is 3. The molecule has 1 aliphatic rings. The molecule has 33 heavy (non-hydrogen) atoms. The lowest BCUT2D eigenvalue weighted by atomic mass is 10.0. The summed E-state index contributed by atoms with van der Waals surface area (Å²) >= 11 is 0. The van der Waals surface area contributed by atoms with Gasteiger partial charge in [-0.05, 0) is 17.2 Å². The molecule has 0 radical (unpaired) electrons. The summed E-state index contributed by atoms with van der Waals surface area (Å²) in [5.74, 6) is -0.298. The molecule has 4 rings (SSSR count). The maximum Gasteiger partial charge on any atom is 0.145 e. The molecule has 3 aromatic carbocycles. The van der Waals surface area contributed by atoms with Crippen molar-refractivity contribution in [2.45, 2.75) is 31.8 Å². The molecule has 3 aromatic rings. The molecule has 1 aliphatic heterocycles. The summed E-state index contributed by atoms with van der Waals surface area (Å²) in [4.78, 5) is 7.77. The van der Waals surface area contributed by atoms with Crippen molar-refractivity contribution in [1.82, 2.24) is 4.90 Å². The quantitative estimate of drug-likeness (QED) is 0.473. The Morgan fingerprint density at radius 3 is 2.36 bits per heavy atom. The van der Waals surface area contributed by atoms with Crippen LogP contribution in [0.2, 0.25) is 0 Å². The average Bonchev–Trinajstić information content (AvgIpc) is 3.29. The smallest absolute Gasteiger partial charge is 0.145 e. The Hall–Kier alpha value is -3.06. The van der Waals surface area contributed by atoms with Crippen molar-refractivity contribution in [2.75, 3.05) is 19.7 Å². The molecule has 0 unspecified atom stereocenters. The van der Waals surface area contributed by atoms with E-state index >= 15 is 0 Å². The van der Waals surface area contributed by atoms with Crippen molar-refractivity contribution >= 4 is 5.71 Å². The van der Waals surface area contributed by atoms with Crippen LogP contribution in [0.15, 0.2) is 90.1 Å². The predicted molar refractivity (Wildman–Crippen MR) is 126 cm³/mol. The fraction of sp³-hybridized carbons (Fsp3) is 0.296. The van der Waals surface area contributed by atoms with Crippen LogP contribution in [0, 0.1) is 5.82 Å². The van der Waals surface area contributed by atoms with Gasteiger partial charge in [0.05, 0.1) is 25.0 Å². The van der Waals surface area contributed by atoms with Gasteiger partial charge in [-0.2, -0.15) is 0 Å². The number of halogens is 1. The molecule has 2 atom stereocenters. The lowest BCUT2D eigenvalue weighted by Crippen LogP contribution is -2.39. The Labute approximate surface area is 194 Å². The Balaban J connectivity index is 1.33. The maximum absolute atomic E-state index is 14.1. The fourth-order valence-electron chi connectivity index (χ4n) is 3.95. The van der Waals surface area contributed by atoms with Gasteiger partial charge in [-0.15, -0.1) is 0 Å². The van der Waals surface area contributed by atoms with Gasteiger partial charge in [0.2, 0.25) is 0 Å². The molecule has 172 valence electrons. The number of aliphatic hydroxyl groups excluding tert-OH is 1. The second-order valence-electron chi connectivity index (χ2n) is 8.28. The number of hydrogen-bond acceptors (Lipinski definition) is 5. The molecule has 1 N–H and O–H groups in total. The van der Waals surface area contributed by atoms with Gasteiger partial charge < -0.3 is 14.7 Å². The maximum atomic E-state index is 14.1. The van der Waals surface area contributed by atoms with E-state index in [0.29, 0.717) is 43.9 Å². The monoisotopic (exact) mass is 448 g/mol. The van der Waals surface area contributed by atoms with Crippen LogP contribution in [0.5, 0.6) is 0 Å². The Bertz CT molecular complexity index is 1030. The second kappa shape index (κ2) is 11.7. The van der Waals surface area contributed by atoms with Gasteiger partial charge in [0.25, 0.3) is 0 Å². The SMILES string of the molecule is O[C@H](COCc1ccccc1)CN(Cc1ccccc1)C[C@@H]1CC(c2ccccc2F)=NO1. The molecule has 6 heteroatoms. The third-order valence-electron chi connectivity index (χ3n) is 5.52. The topological polar surface area (TPSA) is 54.3 Å². The van der Waals surface area contributed by atoms with Crippen LogP contribution in [0.4, 0.5) is 4.39 Å². The van der Waals surface area contributed by atoms with Crippen LogP contribution in [0.3, 0.4) is 0 Å². The van der Waals surface area contributed by atoms with E-state index in [1.54, 1.807) is 18.2 Å². The third-order valence-corrected chi connectivity index (χ3v) is 5.52. The zero-order valence-corrected chi connectivity index (χ0v) is 18.5. The summed E-state index contributed by atoms with van der Waals surface area (Å²) in [6.07, 6.45) is -0.334. The van der Waals surface area contributed by atoms with Crippen molar-refractivity contribution in [3.05, 3.63) is 107 Å². The zero-order chi connectivity index (χ0) is 22.9. The Morgan fingerprint density at radius 2 is 1.64 bits per heavy atom. The molecule has 1 heterocycles. The van der Waals surface area contributed by atoms with Crippen LogP contribution in [-0.2, 0) is 22.7 Å². The van der Waals surface area contributed by atoms with Gasteiger partial charge in [-0.3, -0.25) is 4.90 Å². The molecule has 0 spiro atoms. The lowest BCUT2D eigenvalue weighted by Gasteiger charge is -2.27. The molecule has 0 bridgehead atoms. The Morgan fingerprint density at radius 1 is 0.970 bits per heavy atom. The summed E-state index contributed by atoms with van der Waals surface area (Å²) < 4.78 is 19.9. The standard InChI is InChI=1S/C27H29FN2O3/c28-26-14-8-7-13-25(26)27-15-24(33-29-27)18-30(16-21-9-3-1-4-10-21)17-23(31)20-32-19-22-11-5-2-6-12-22/h1-14,23-24,31H,15-20H2/t23-,24-/m0/s1. The van der Waals surface area contributed by atoms with Gasteiger partial charge in [-0.1, -0.05) is 84.0 Å². The zero-order valence-electron chi connectivity index (χ0n) is 18.5. The normalized spacial score (nSPS) is 16.5. The van der Waals surface area contributed by atoms with Crippen molar-refractivity contribution in [1.29, 1.82) is 0 Å². The van der Waals surface area contributed by atoms with Crippen molar-refractivity contribution in [3.63, 3.8) is 0 Å². The lowest BCUT2D eigenvalue weighted by molar-refractivity contribution is -0.00648. The van der Waals surface area contributed by atoms with Crippen LogP contribution < -0.4 is 0 Å². The van der Waals surface area contributed by atoms with E-state index in [2.05, 4.69) is 22.2 Å². The van der Waals surface area contributed by atoms with Crippen molar-refractivity contribution in [2.24, 2.45) is 5.16 Å². The van der Waals surface area contributed by atoms with E-state index in [1.165, 1.54) is 6.07 Å². The number of hydrogen-bond donors (Lipinski definition) is 1. The Kier molecular flexibility index (Phi) is 8.19. The van der Waals surface area contributed by atoms with Crippen molar-refractivity contribution < 1.29 is 19.1 Å². The minimum atomic E-state index is -0.647. The summed E-state index contributed by atoms with van der Waals surface area (Å²) in [6.45, 7) is 2.35. The fourth-order valence-corrected chi connectivity index (χ4v) is 3.95. The van der Waals surface area contributed by atoms with Gasteiger partial charge in [0.15, 0.2) is 0 Å². The summed E-state index contributed by atoms with van der Waals surface area (Å²) in [5, 5.41) is 14.8. The summed E-state index contributed by atoms with van der Waals surface area (Å²) in [6, 6.07) is 26.6. The van der Waals surface area contributed by atoms with Gasteiger partial charge in [0.1, 0.15) is 11.9 Å². The van der Waals surface area contributed by atoms with E-state index in [0.717, 1.165) is 11.1 Å². The first-order valence-corrected chi connectivity index (χ1v) is 11.2. The number of aliphatic hydroxyl groups is 1. The second-order valence-corrected chi connectivity index (χ2v) is 8.28. The van der Waals surface area contributed by atoms with Crippen molar-refractivity contribution in [3.8, 4) is 0 Å². The highest BCUT2D eigenvalue weighted by Crippen LogP contribution is 2.20. The number of rotatable bonds is 11. The third kappa shape index (κ3) is 6.96. The number of nitrogens with zero attached hydrogens (tertiary/aromatic N) is 2. The van der Waals surface area contributed by atoms with E-state index in [-0.39, 0.29) is 18.5 Å². The number of ether oxygens (including phenoxy) is 1. The average molecular weight is 449 g/mol. The summed E-state index contributed by atoms with van der Waals surface area (Å²) in [7, 11) is 0. The van der Waals surface area contributed by atoms with Gasteiger partial charge in [0, 0.05) is 31.6 Å². The van der Waals surface area contributed by atoms with E-state index < -0.39 is 6.10 Å². The first kappa shape index (κ1) is 23.1. The highest BCUT2D eigenvalue weighted by Gasteiger charge is 2.27. The van der Waals surface area contributed by atoms with Crippen LogP contribution in [0.25, 0.3) is 0 Å². The highest BCUT2D eigenvalue weighted by molar-refractivity contribution is 6.01. The molecular formula is C27H29FN2O3. The minimum absolute atomic E-state index is 0.208. The van der Waals surface area contributed by atoms with E-state index in [1.807, 2.05) is 48.5 Å². The molecular weight excluding hydrogens is 419 g/mol. The van der Waals surface area contributed by atoms with Gasteiger partial charge in [-0.25, -0.2) is 4.39 Å². The molecule has 0 saturated carbocycles. The first-order valence-electron chi connectivity index (χ1n) is 11.2. The van der Waals surface area contributed by atoms with Crippen LogP contribution >= 0.6 is 0 Å². The number of oxime groups is 1. The molecule has 0 aliphatic carbocycles. The molecule has 0 saturated heterocycles.